The number of aromatic hydroxyl groups is 1. The average molecular weight is 314 g/mol. The lowest BCUT2D eigenvalue weighted by Crippen LogP contribution is -2.64. The SMILES string of the molecule is COc1cccc(O)c1S(=O)(=O)N1CC(NC2COC2)C1. The summed E-state index contributed by atoms with van der Waals surface area (Å²) in [5.74, 6) is -0.142. The number of hydrogen-bond acceptors (Lipinski definition) is 6. The molecule has 1 aromatic rings. The van der Waals surface area contributed by atoms with Gasteiger partial charge in [-0.25, -0.2) is 8.42 Å². The van der Waals surface area contributed by atoms with Gasteiger partial charge in [-0.1, -0.05) is 6.07 Å². The van der Waals surface area contributed by atoms with Crippen molar-refractivity contribution in [1.82, 2.24) is 9.62 Å². The van der Waals surface area contributed by atoms with Crippen LogP contribution in [0.15, 0.2) is 23.1 Å². The van der Waals surface area contributed by atoms with Gasteiger partial charge in [-0.15, -0.1) is 0 Å². The third kappa shape index (κ3) is 2.59. The Morgan fingerprint density at radius 2 is 2.05 bits per heavy atom. The molecular weight excluding hydrogens is 296 g/mol. The highest BCUT2D eigenvalue weighted by Crippen LogP contribution is 2.35. The number of sulfonamides is 1. The lowest BCUT2D eigenvalue weighted by molar-refractivity contribution is -0.0168. The number of ether oxygens (including phenoxy) is 2. The van der Waals surface area contributed by atoms with Gasteiger partial charge < -0.3 is 19.9 Å². The summed E-state index contributed by atoms with van der Waals surface area (Å²) >= 11 is 0. The van der Waals surface area contributed by atoms with Crippen molar-refractivity contribution in [2.75, 3.05) is 33.4 Å². The Hall–Kier alpha value is -1.35. The normalized spacial score (nSPS) is 20.8. The van der Waals surface area contributed by atoms with Crippen LogP contribution in [-0.4, -0.2) is 63.3 Å². The molecule has 0 saturated carbocycles. The van der Waals surface area contributed by atoms with Gasteiger partial charge in [0.25, 0.3) is 10.0 Å². The van der Waals surface area contributed by atoms with Gasteiger partial charge in [0, 0.05) is 19.1 Å². The molecule has 0 aromatic heterocycles. The summed E-state index contributed by atoms with van der Waals surface area (Å²) in [4.78, 5) is -0.169. The van der Waals surface area contributed by atoms with Crippen LogP contribution in [0.4, 0.5) is 0 Å². The number of methoxy groups -OCH3 is 1. The number of hydrogen-bond donors (Lipinski definition) is 2. The lowest BCUT2D eigenvalue weighted by atomic mass is 10.1. The quantitative estimate of drug-likeness (QED) is 0.780. The summed E-state index contributed by atoms with van der Waals surface area (Å²) in [5.41, 5.74) is 0. The van der Waals surface area contributed by atoms with Crippen LogP contribution in [0, 0.1) is 0 Å². The molecule has 2 saturated heterocycles. The van der Waals surface area contributed by atoms with Crippen LogP contribution in [0.3, 0.4) is 0 Å². The minimum absolute atomic E-state index is 0.130. The minimum Gasteiger partial charge on any atom is -0.506 e. The summed E-state index contributed by atoms with van der Waals surface area (Å²) in [6.07, 6.45) is 0. The second kappa shape index (κ2) is 5.45. The third-order valence-corrected chi connectivity index (χ3v) is 5.64. The predicted molar refractivity (Wildman–Crippen MR) is 74.9 cm³/mol. The van der Waals surface area contributed by atoms with Crippen molar-refractivity contribution in [3.63, 3.8) is 0 Å². The molecule has 0 bridgehead atoms. The van der Waals surface area contributed by atoms with E-state index in [1.165, 1.54) is 23.5 Å². The number of benzene rings is 1. The van der Waals surface area contributed by atoms with Crippen molar-refractivity contribution in [3.05, 3.63) is 18.2 Å². The van der Waals surface area contributed by atoms with Crippen LogP contribution < -0.4 is 10.1 Å². The molecule has 0 aliphatic carbocycles. The van der Waals surface area contributed by atoms with Crippen LogP contribution in [0.1, 0.15) is 0 Å². The highest BCUT2D eigenvalue weighted by Gasteiger charge is 2.40. The first-order chi connectivity index (χ1) is 10.0. The van der Waals surface area contributed by atoms with Crippen LogP contribution in [0.5, 0.6) is 11.5 Å². The zero-order valence-electron chi connectivity index (χ0n) is 11.7. The van der Waals surface area contributed by atoms with Crippen molar-refractivity contribution in [1.29, 1.82) is 0 Å². The first kappa shape index (κ1) is 14.6. The lowest BCUT2D eigenvalue weighted by Gasteiger charge is -2.42. The first-order valence-corrected chi connectivity index (χ1v) is 8.16. The van der Waals surface area contributed by atoms with E-state index in [9.17, 15) is 13.5 Å². The number of nitrogens with zero attached hydrogens (tertiary/aromatic N) is 1. The van der Waals surface area contributed by atoms with Crippen molar-refractivity contribution >= 4 is 10.0 Å². The number of rotatable bonds is 5. The molecule has 21 heavy (non-hydrogen) atoms. The van der Waals surface area contributed by atoms with E-state index in [2.05, 4.69) is 5.32 Å². The summed E-state index contributed by atoms with van der Waals surface area (Å²) in [7, 11) is -2.37. The Labute approximate surface area is 123 Å². The van der Waals surface area contributed by atoms with E-state index in [1.807, 2.05) is 0 Å². The highest BCUT2D eigenvalue weighted by molar-refractivity contribution is 7.89. The van der Waals surface area contributed by atoms with Crippen LogP contribution in [0.25, 0.3) is 0 Å². The van der Waals surface area contributed by atoms with Gasteiger partial charge in [0.1, 0.15) is 11.5 Å². The molecule has 0 atom stereocenters. The molecule has 2 heterocycles. The molecular formula is C13H18N2O5S. The fraction of sp³-hybridized carbons (Fsp3) is 0.538. The smallest absolute Gasteiger partial charge is 0.250 e. The molecule has 2 aliphatic heterocycles. The maximum Gasteiger partial charge on any atom is 0.250 e. The Morgan fingerprint density at radius 3 is 2.62 bits per heavy atom. The van der Waals surface area contributed by atoms with E-state index in [-0.39, 0.29) is 22.4 Å². The monoisotopic (exact) mass is 314 g/mol. The molecule has 7 nitrogen and oxygen atoms in total. The highest BCUT2D eigenvalue weighted by atomic mass is 32.2. The van der Waals surface area contributed by atoms with E-state index < -0.39 is 10.0 Å². The molecule has 8 heteroatoms. The number of phenols is 1. The molecule has 0 spiro atoms. The molecule has 2 aliphatic rings. The molecule has 0 unspecified atom stereocenters. The zero-order valence-corrected chi connectivity index (χ0v) is 12.5. The summed E-state index contributed by atoms with van der Waals surface area (Å²) < 4.78 is 36.6. The topological polar surface area (TPSA) is 88.1 Å². The second-order valence-electron chi connectivity index (χ2n) is 5.23. The number of phenolic OH excluding ortho intramolecular Hbond substituents is 1. The van der Waals surface area contributed by atoms with Gasteiger partial charge in [0.15, 0.2) is 4.90 Å². The number of nitrogens with one attached hydrogen (secondary N) is 1. The Balaban J connectivity index is 1.73. The molecule has 2 fully saturated rings. The molecule has 116 valence electrons. The molecule has 1 aromatic carbocycles. The van der Waals surface area contributed by atoms with E-state index in [4.69, 9.17) is 9.47 Å². The van der Waals surface area contributed by atoms with Gasteiger partial charge in [-0.2, -0.15) is 4.31 Å². The molecule has 0 amide bonds. The van der Waals surface area contributed by atoms with Gasteiger partial charge in [-0.3, -0.25) is 0 Å². The summed E-state index contributed by atoms with van der Waals surface area (Å²) in [6, 6.07) is 4.86. The maximum absolute atomic E-state index is 12.6. The third-order valence-electron chi connectivity index (χ3n) is 3.73. The molecule has 3 rings (SSSR count). The first-order valence-electron chi connectivity index (χ1n) is 6.72. The fourth-order valence-corrected chi connectivity index (χ4v) is 4.21. The molecule has 0 radical (unpaired) electrons. The van der Waals surface area contributed by atoms with E-state index >= 15 is 0 Å². The van der Waals surface area contributed by atoms with Crippen molar-refractivity contribution < 1.29 is 23.0 Å². The largest absolute Gasteiger partial charge is 0.506 e. The van der Waals surface area contributed by atoms with Crippen LogP contribution in [0.2, 0.25) is 0 Å². The average Bonchev–Trinajstić information content (AvgIpc) is 2.33. The van der Waals surface area contributed by atoms with Gasteiger partial charge in [0.05, 0.1) is 26.4 Å². The van der Waals surface area contributed by atoms with Gasteiger partial charge in [0.2, 0.25) is 0 Å². The second-order valence-corrected chi connectivity index (χ2v) is 7.10. The van der Waals surface area contributed by atoms with Gasteiger partial charge >= 0.3 is 0 Å². The van der Waals surface area contributed by atoms with E-state index in [0.717, 1.165) is 0 Å². The predicted octanol–water partition coefficient (Wildman–Crippen LogP) is -0.238. The van der Waals surface area contributed by atoms with Crippen molar-refractivity contribution in [2.24, 2.45) is 0 Å². The van der Waals surface area contributed by atoms with Crippen molar-refractivity contribution in [2.45, 2.75) is 17.0 Å². The summed E-state index contributed by atoms with van der Waals surface area (Å²) in [5, 5.41) is 13.2. The standard InChI is InChI=1S/C13H18N2O5S/c1-19-12-4-2-3-11(16)13(12)21(17,18)15-5-9(6-15)14-10-7-20-8-10/h2-4,9-10,14,16H,5-8H2,1H3. The molecule has 2 N–H and O–H groups in total. The fourth-order valence-electron chi connectivity index (χ4n) is 2.46. The Morgan fingerprint density at radius 1 is 1.33 bits per heavy atom. The van der Waals surface area contributed by atoms with Gasteiger partial charge in [-0.05, 0) is 12.1 Å². The van der Waals surface area contributed by atoms with Crippen LogP contribution >= 0.6 is 0 Å². The van der Waals surface area contributed by atoms with E-state index in [0.29, 0.717) is 32.3 Å². The maximum atomic E-state index is 12.6. The summed E-state index contributed by atoms with van der Waals surface area (Å²) in [6.45, 7) is 2.12. The Bertz CT molecular complexity index is 623. The minimum atomic E-state index is -3.75. The van der Waals surface area contributed by atoms with Crippen molar-refractivity contribution in [3.8, 4) is 11.5 Å². The zero-order chi connectivity index (χ0) is 15.0. The van der Waals surface area contributed by atoms with Crippen LogP contribution in [-0.2, 0) is 14.8 Å². The van der Waals surface area contributed by atoms with E-state index in [1.54, 1.807) is 6.07 Å². The Kier molecular flexibility index (Phi) is 3.78.